The van der Waals surface area contributed by atoms with Gasteiger partial charge in [-0.3, -0.25) is 9.59 Å². The molecule has 1 amide bonds. The maximum Gasteiger partial charge on any atom is 0.221 e. The van der Waals surface area contributed by atoms with Crippen LogP contribution in [0.1, 0.15) is 24.2 Å². The van der Waals surface area contributed by atoms with Crippen molar-refractivity contribution in [2.75, 3.05) is 5.32 Å². The van der Waals surface area contributed by atoms with Crippen LogP contribution in [-0.2, 0) is 4.79 Å². The van der Waals surface area contributed by atoms with Crippen LogP contribution in [-0.4, -0.2) is 16.7 Å². The van der Waals surface area contributed by atoms with E-state index in [2.05, 4.69) is 10.3 Å². The van der Waals surface area contributed by atoms with Crippen LogP contribution in [0.4, 0.5) is 5.69 Å². The molecule has 0 bridgehead atoms. The van der Waals surface area contributed by atoms with Gasteiger partial charge in [0.25, 0.3) is 0 Å². The molecule has 102 valence electrons. The Balaban J connectivity index is 2.18. The molecule has 0 aliphatic rings. The first kappa shape index (κ1) is 14.3. The lowest BCUT2D eigenvalue weighted by molar-refractivity contribution is -0.114. The highest BCUT2D eigenvalue weighted by atomic mass is 32.2. The summed E-state index contributed by atoms with van der Waals surface area (Å²) in [6.45, 7) is 3.00. The summed E-state index contributed by atoms with van der Waals surface area (Å²) in [5.74, 6) is -0.107. The second kappa shape index (κ2) is 6.34. The van der Waals surface area contributed by atoms with Gasteiger partial charge in [0.05, 0.1) is 0 Å². The lowest BCUT2D eigenvalue weighted by Gasteiger charge is -2.06. The molecule has 20 heavy (non-hydrogen) atoms. The smallest absolute Gasteiger partial charge is 0.221 e. The topological polar surface area (TPSA) is 59.1 Å². The molecule has 0 radical (unpaired) electrons. The number of nitrogens with one attached hydrogen (secondary N) is 1. The van der Waals surface area contributed by atoms with Gasteiger partial charge in [0.1, 0.15) is 5.03 Å². The number of benzene rings is 1. The highest BCUT2D eigenvalue weighted by molar-refractivity contribution is 7.99. The molecular formula is C15H14N2O2S. The number of carbonyl (C=O) groups is 2. The summed E-state index contributed by atoms with van der Waals surface area (Å²) < 4.78 is 0. The Morgan fingerprint density at radius 1 is 1.10 bits per heavy atom. The normalized spacial score (nSPS) is 10.1. The fourth-order valence-corrected chi connectivity index (χ4v) is 2.59. The van der Waals surface area contributed by atoms with E-state index in [4.69, 9.17) is 0 Å². The van der Waals surface area contributed by atoms with Gasteiger partial charge in [-0.1, -0.05) is 11.8 Å². The number of hydrogen-bond acceptors (Lipinski definition) is 4. The van der Waals surface area contributed by atoms with Crippen LogP contribution < -0.4 is 5.32 Å². The van der Waals surface area contributed by atoms with Crippen molar-refractivity contribution in [1.29, 1.82) is 0 Å². The van der Waals surface area contributed by atoms with Gasteiger partial charge in [-0.05, 0) is 43.3 Å². The van der Waals surface area contributed by atoms with Gasteiger partial charge in [0, 0.05) is 29.3 Å². The van der Waals surface area contributed by atoms with E-state index < -0.39 is 0 Å². The Kier molecular flexibility index (Phi) is 4.53. The highest BCUT2D eigenvalue weighted by Gasteiger charge is 2.09. The van der Waals surface area contributed by atoms with Gasteiger partial charge in [-0.2, -0.15) is 0 Å². The molecule has 1 N–H and O–H groups in total. The zero-order valence-corrected chi connectivity index (χ0v) is 12.0. The third-order valence-electron chi connectivity index (χ3n) is 2.54. The first-order chi connectivity index (χ1) is 9.56. The second-order valence-electron chi connectivity index (χ2n) is 4.22. The predicted molar refractivity (Wildman–Crippen MR) is 79.1 cm³/mol. The summed E-state index contributed by atoms with van der Waals surface area (Å²) in [5, 5.41) is 3.39. The molecule has 2 rings (SSSR count). The monoisotopic (exact) mass is 286 g/mol. The second-order valence-corrected chi connectivity index (χ2v) is 5.28. The minimum Gasteiger partial charge on any atom is -0.326 e. The van der Waals surface area contributed by atoms with Crippen molar-refractivity contribution >= 4 is 29.1 Å². The summed E-state index contributed by atoms with van der Waals surface area (Å²) in [4.78, 5) is 27.7. The van der Waals surface area contributed by atoms with E-state index in [1.54, 1.807) is 18.3 Å². The summed E-state index contributed by atoms with van der Waals surface area (Å²) >= 11 is 1.43. The van der Waals surface area contributed by atoms with Gasteiger partial charge in [-0.25, -0.2) is 4.98 Å². The van der Waals surface area contributed by atoms with Crippen molar-refractivity contribution in [2.24, 2.45) is 0 Å². The number of ketones is 1. The van der Waals surface area contributed by atoms with E-state index in [0.29, 0.717) is 10.6 Å². The van der Waals surface area contributed by atoms with Crippen molar-refractivity contribution in [3.63, 3.8) is 0 Å². The van der Waals surface area contributed by atoms with Crippen LogP contribution in [0.15, 0.2) is 52.5 Å². The maximum absolute atomic E-state index is 11.5. The Hall–Kier alpha value is -2.14. The maximum atomic E-state index is 11.5. The van der Waals surface area contributed by atoms with Gasteiger partial charge in [-0.15, -0.1) is 0 Å². The first-order valence-corrected chi connectivity index (χ1v) is 6.89. The Bertz CT molecular complexity index is 639. The van der Waals surface area contributed by atoms with Crippen molar-refractivity contribution in [2.45, 2.75) is 23.8 Å². The Morgan fingerprint density at radius 3 is 2.40 bits per heavy atom. The number of Topliss-reactive ketones (excluding diaryl/α,β-unsaturated/α-hetero) is 1. The Labute approximate surface area is 121 Å². The molecule has 0 fully saturated rings. The zero-order chi connectivity index (χ0) is 14.5. The Morgan fingerprint density at radius 2 is 1.80 bits per heavy atom. The summed E-state index contributed by atoms with van der Waals surface area (Å²) in [5.41, 5.74) is 1.36. The minimum atomic E-state index is -0.103. The number of hydrogen-bond donors (Lipinski definition) is 1. The average Bonchev–Trinajstić information content (AvgIpc) is 2.41. The lowest BCUT2D eigenvalue weighted by Crippen LogP contribution is -2.05. The van der Waals surface area contributed by atoms with Gasteiger partial charge >= 0.3 is 0 Å². The molecule has 1 heterocycles. The summed E-state index contributed by atoms with van der Waals surface area (Å²) in [6, 6.07) is 10.9. The van der Waals surface area contributed by atoms with E-state index in [9.17, 15) is 9.59 Å². The number of nitrogens with zero attached hydrogens (tertiary/aromatic N) is 1. The van der Waals surface area contributed by atoms with Crippen molar-refractivity contribution < 1.29 is 9.59 Å². The fraction of sp³-hybridized carbons (Fsp3) is 0.133. The minimum absolute atomic E-state index is 0.00420. The molecule has 0 atom stereocenters. The highest BCUT2D eigenvalue weighted by Crippen LogP contribution is 2.29. The van der Waals surface area contributed by atoms with E-state index in [-0.39, 0.29) is 11.7 Å². The average molecular weight is 286 g/mol. The third kappa shape index (κ3) is 3.68. The predicted octanol–water partition coefficient (Wildman–Crippen LogP) is 3.39. The van der Waals surface area contributed by atoms with Gasteiger partial charge < -0.3 is 5.32 Å². The van der Waals surface area contributed by atoms with Crippen LogP contribution in [0.2, 0.25) is 0 Å². The van der Waals surface area contributed by atoms with Crippen LogP contribution in [0.3, 0.4) is 0 Å². The third-order valence-corrected chi connectivity index (χ3v) is 3.57. The zero-order valence-electron chi connectivity index (χ0n) is 11.2. The molecule has 4 nitrogen and oxygen atoms in total. The molecule has 0 saturated heterocycles. The standard InChI is InChI=1S/C15H14N2O2S/c1-10(18)14-4-3-9-16-15(14)20-13-7-5-12(6-8-13)17-11(2)19/h3-9H,1-2H3,(H,17,19). The molecule has 0 spiro atoms. The molecule has 0 aliphatic heterocycles. The van der Waals surface area contributed by atoms with Crippen LogP contribution in [0.5, 0.6) is 0 Å². The molecular weight excluding hydrogens is 272 g/mol. The first-order valence-electron chi connectivity index (χ1n) is 6.08. The number of rotatable bonds is 4. The van der Waals surface area contributed by atoms with Gasteiger partial charge in [0.15, 0.2) is 5.78 Å². The van der Waals surface area contributed by atoms with Crippen LogP contribution in [0.25, 0.3) is 0 Å². The molecule has 2 aromatic rings. The molecule has 5 heteroatoms. The molecule has 0 saturated carbocycles. The van der Waals surface area contributed by atoms with Gasteiger partial charge in [0.2, 0.25) is 5.91 Å². The summed E-state index contributed by atoms with van der Waals surface area (Å²) in [6.07, 6.45) is 1.67. The van der Waals surface area contributed by atoms with Crippen molar-refractivity contribution in [1.82, 2.24) is 4.98 Å². The van der Waals surface area contributed by atoms with Crippen LogP contribution >= 0.6 is 11.8 Å². The number of anilines is 1. The van der Waals surface area contributed by atoms with E-state index >= 15 is 0 Å². The van der Waals surface area contributed by atoms with Crippen molar-refractivity contribution in [3.05, 3.63) is 48.2 Å². The number of carbonyl (C=O) groups excluding carboxylic acids is 2. The van der Waals surface area contributed by atoms with Crippen molar-refractivity contribution in [3.8, 4) is 0 Å². The van der Waals surface area contributed by atoms with E-state index in [1.807, 2.05) is 24.3 Å². The number of aromatic nitrogens is 1. The van der Waals surface area contributed by atoms with E-state index in [0.717, 1.165) is 10.6 Å². The number of pyridine rings is 1. The summed E-state index contributed by atoms with van der Waals surface area (Å²) in [7, 11) is 0. The largest absolute Gasteiger partial charge is 0.326 e. The number of amides is 1. The molecule has 0 aliphatic carbocycles. The molecule has 1 aromatic heterocycles. The van der Waals surface area contributed by atoms with E-state index in [1.165, 1.54) is 25.6 Å². The SMILES string of the molecule is CC(=O)Nc1ccc(Sc2ncccc2C(C)=O)cc1. The molecule has 1 aromatic carbocycles. The lowest BCUT2D eigenvalue weighted by atomic mass is 10.2. The fourth-order valence-electron chi connectivity index (χ4n) is 1.66. The van der Waals surface area contributed by atoms with Crippen LogP contribution in [0, 0.1) is 0 Å². The quantitative estimate of drug-likeness (QED) is 0.875. The molecule has 0 unspecified atom stereocenters.